The second-order valence-electron chi connectivity index (χ2n) is 5.68. The normalized spacial score (nSPS) is 10.9. The molecule has 5 nitrogen and oxygen atoms in total. The topological polar surface area (TPSA) is 61.2 Å². The number of aromatic nitrogens is 2. The standard InChI is InChI=1S/C20H14N2O3/c1-25-19-7-6-16(8-15(19)11-23)22-12-21-18-10-14-5-3-2-4-13(14)9-17(18)20(22)24/h2-12H,1H3. The Balaban J connectivity index is 1.97. The molecule has 0 atom stereocenters. The molecule has 0 N–H and O–H groups in total. The summed E-state index contributed by atoms with van der Waals surface area (Å²) in [6.07, 6.45) is 2.19. The SMILES string of the molecule is COc1ccc(-n2cnc3cc4ccccc4cc3c2=O)cc1C=O. The molecule has 1 aromatic heterocycles. The van der Waals surface area contributed by atoms with Crippen molar-refractivity contribution in [1.82, 2.24) is 9.55 Å². The Hall–Kier alpha value is -3.47. The van der Waals surface area contributed by atoms with Crippen molar-refractivity contribution in [3.63, 3.8) is 0 Å². The lowest BCUT2D eigenvalue weighted by molar-refractivity contribution is 0.112. The Bertz CT molecular complexity index is 1180. The van der Waals surface area contributed by atoms with Crippen molar-refractivity contribution >= 4 is 28.0 Å². The molecule has 0 saturated heterocycles. The van der Waals surface area contributed by atoms with Crippen LogP contribution in [0.5, 0.6) is 5.75 Å². The Morgan fingerprint density at radius 3 is 2.52 bits per heavy atom. The molecule has 0 radical (unpaired) electrons. The molecule has 0 aliphatic rings. The minimum atomic E-state index is -0.183. The monoisotopic (exact) mass is 330 g/mol. The summed E-state index contributed by atoms with van der Waals surface area (Å²) in [5.41, 5.74) is 1.41. The summed E-state index contributed by atoms with van der Waals surface area (Å²) in [5.74, 6) is 0.464. The molecule has 0 aliphatic heterocycles. The van der Waals surface area contributed by atoms with Crippen LogP contribution in [0.4, 0.5) is 0 Å². The molecule has 0 spiro atoms. The van der Waals surface area contributed by atoms with Crippen molar-refractivity contribution in [2.75, 3.05) is 7.11 Å². The summed E-state index contributed by atoms with van der Waals surface area (Å²) in [7, 11) is 1.50. The van der Waals surface area contributed by atoms with Gasteiger partial charge in [-0.05, 0) is 41.1 Å². The van der Waals surface area contributed by atoms with Crippen molar-refractivity contribution in [2.45, 2.75) is 0 Å². The highest BCUT2D eigenvalue weighted by atomic mass is 16.5. The lowest BCUT2D eigenvalue weighted by atomic mass is 10.1. The summed E-state index contributed by atoms with van der Waals surface area (Å²) in [6.45, 7) is 0. The zero-order valence-electron chi connectivity index (χ0n) is 13.5. The van der Waals surface area contributed by atoms with Gasteiger partial charge in [-0.1, -0.05) is 24.3 Å². The van der Waals surface area contributed by atoms with E-state index in [4.69, 9.17) is 4.74 Å². The van der Waals surface area contributed by atoms with E-state index in [1.807, 2.05) is 36.4 Å². The summed E-state index contributed by atoms with van der Waals surface area (Å²) in [4.78, 5) is 28.6. The smallest absolute Gasteiger partial charge is 0.265 e. The van der Waals surface area contributed by atoms with E-state index in [-0.39, 0.29) is 5.56 Å². The van der Waals surface area contributed by atoms with Gasteiger partial charge in [0.25, 0.3) is 5.56 Å². The first-order valence-corrected chi connectivity index (χ1v) is 7.75. The van der Waals surface area contributed by atoms with Gasteiger partial charge in [0.1, 0.15) is 12.1 Å². The van der Waals surface area contributed by atoms with Gasteiger partial charge in [-0.25, -0.2) is 4.98 Å². The number of aldehydes is 1. The maximum atomic E-state index is 12.9. The molecule has 0 saturated carbocycles. The van der Waals surface area contributed by atoms with Crippen molar-refractivity contribution in [3.8, 4) is 11.4 Å². The summed E-state index contributed by atoms with van der Waals surface area (Å²) in [6, 6.07) is 16.6. The van der Waals surface area contributed by atoms with Gasteiger partial charge >= 0.3 is 0 Å². The second-order valence-corrected chi connectivity index (χ2v) is 5.68. The molecule has 0 amide bonds. The molecule has 122 valence electrons. The number of carbonyl (C=O) groups is 1. The molecule has 3 aromatic carbocycles. The van der Waals surface area contributed by atoms with Gasteiger partial charge in [-0.15, -0.1) is 0 Å². The predicted octanol–water partition coefficient (Wildman–Crippen LogP) is 3.36. The number of hydrogen-bond acceptors (Lipinski definition) is 4. The number of carbonyl (C=O) groups excluding carboxylic acids is 1. The van der Waals surface area contributed by atoms with E-state index in [0.717, 1.165) is 10.8 Å². The van der Waals surface area contributed by atoms with E-state index in [0.29, 0.717) is 34.2 Å². The molecule has 25 heavy (non-hydrogen) atoms. The van der Waals surface area contributed by atoms with Crippen LogP contribution in [0.2, 0.25) is 0 Å². The van der Waals surface area contributed by atoms with Gasteiger partial charge < -0.3 is 4.74 Å². The largest absolute Gasteiger partial charge is 0.496 e. The average molecular weight is 330 g/mol. The van der Waals surface area contributed by atoms with Gasteiger partial charge in [0.15, 0.2) is 6.29 Å². The molecule has 0 aliphatic carbocycles. The third-order valence-electron chi connectivity index (χ3n) is 4.24. The maximum absolute atomic E-state index is 12.9. The number of nitrogens with zero attached hydrogens (tertiary/aromatic N) is 2. The van der Waals surface area contributed by atoms with Crippen LogP contribution in [0.3, 0.4) is 0 Å². The first kappa shape index (κ1) is 15.1. The van der Waals surface area contributed by atoms with Crippen LogP contribution >= 0.6 is 0 Å². The highest BCUT2D eigenvalue weighted by Gasteiger charge is 2.10. The fourth-order valence-electron chi connectivity index (χ4n) is 2.96. The van der Waals surface area contributed by atoms with E-state index in [1.54, 1.807) is 18.2 Å². The van der Waals surface area contributed by atoms with E-state index < -0.39 is 0 Å². The van der Waals surface area contributed by atoms with Crippen LogP contribution in [0.1, 0.15) is 10.4 Å². The van der Waals surface area contributed by atoms with Crippen LogP contribution in [0.15, 0.2) is 65.7 Å². The lowest BCUT2D eigenvalue weighted by Crippen LogP contribution is -2.19. The second kappa shape index (κ2) is 5.87. The predicted molar refractivity (Wildman–Crippen MR) is 96.8 cm³/mol. The number of fused-ring (bicyclic) bond motifs is 2. The fourth-order valence-corrected chi connectivity index (χ4v) is 2.96. The zero-order valence-corrected chi connectivity index (χ0v) is 13.5. The van der Waals surface area contributed by atoms with Crippen LogP contribution in [0.25, 0.3) is 27.4 Å². The molecular weight excluding hydrogens is 316 g/mol. The number of methoxy groups -OCH3 is 1. The van der Waals surface area contributed by atoms with Crippen LogP contribution in [-0.4, -0.2) is 22.9 Å². The Labute approximate surface area is 143 Å². The minimum Gasteiger partial charge on any atom is -0.496 e. The van der Waals surface area contributed by atoms with Crippen molar-refractivity contribution < 1.29 is 9.53 Å². The fraction of sp³-hybridized carbons (Fsp3) is 0.0500. The van der Waals surface area contributed by atoms with Crippen molar-refractivity contribution in [3.05, 3.63) is 76.8 Å². The van der Waals surface area contributed by atoms with Crippen molar-refractivity contribution in [2.24, 2.45) is 0 Å². The Kier molecular flexibility index (Phi) is 3.54. The zero-order chi connectivity index (χ0) is 17.4. The highest BCUT2D eigenvalue weighted by molar-refractivity contribution is 5.96. The van der Waals surface area contributed by atoms with Crippen molar-refractivity contribution in [1.29, 1.82) is 0 Å². The van der Waals surface area contributed by atoms with Gasteiger partial charge in [-0.2, -0.15) is 0 Å². The minimum absolute atomic E-state index is 0.183. The summed E-state index contributed by atoms with van der Waals surface area (Å²) in [5, 5.41) is 2.55. The number of ether oxygens (including phenoxy) is 1. The number of hydrogen-bond donors (Lipinski definition) is 0. The Morgan fingerprint density at radius 1 is 1.04 bits per heavy atom. The molecule has 4 aromatic rings. The molecular formula is C20H14N2O3. The summed E-state index contributed by atoms with van der Waals surface area (Å²) >= 11 is 0. The first-order valence-electron chi connectivity index (χ1n) is 7.75. The van der Waals surface area contributed by atoms with E-state index >= 15 is 0 Å². The molecule has 0 unspecified atom stereocenters. The van der Waals surface area contributed by atoms with Crippen LogP contribution < -0.4 is 10.3 Å². The maximum Gasteiger partial charge on any atom is 0.265 e. The average Bonchev–Trinajstić information content (AvgIpc) is 2.66. The quantitative estimate of drug-likeness (QED) is 0.427. The van der Waals surface area contributed by atoms with Gasteiger partial charge in [0.05, 0.1) is 29.3 Å². The third kappa shape index (κ3) is 2.46. The molecule has 0 fully saturated rings. The molecule has 4 rings (SSSR count). The lowest BCUT2D eigenvalue weighted by Gasteiger charge is -2.10. The number of benzene rings is 3. The van der Waals surface area contributed by atoms with Gasteiger partial charge in [0, 0.05) is 0 Å². The van der Waals surface area contributed by atoms with Crippen LogP contribution in [-0.2, 0) is 0 Å². The first-order chi connectivity index (χ1) is 12.2. The van der Waals surface area contributed by atoms with Gasteiger partial charge in [-0.3, -0.25) is 14.2 Å². The number of rotatable bonds is 3. The van der Waals surface area contributed by atoms with E-state index in [2.05, 4.69) is 4.98 Å². The van der Waals surface area contributed by atoms with Gasteiger partial charge in [0.2, 0.25) is 0 Å². The van der Waals surface area contributed by atoms with Crippen LogP contribution in [0, 0.1) is 0 Å². The molecule has 0 bridgehead atoms. The van der Waals surface area contributed by atoms with E-state index in [9.17, 15) is 9.59 Å². The highest BCUT2D eigenvalue weighted by Crippen LogP contribution is 2.22. The third-order valence-corrected chi connectivity index (χ3v) is 4.24. The van der Waals surface area contributed by atoms with E-state index in [1.165, 1.54) is 18.0 Å². The Morgan fingerprint density at radius 2 is 1.80 bits per heavy atom. The molecule has 1 heterocycles. The summed E-state index contributed by atoms with van der Waals surface area (Å²) < 4.78 is 6.58. The molecule has 5 heteroatoms.